The summed E-state index contributed by atoms with van der Waals surface area (Å²) < 4.78 is 27.0. The number of hydrogen-bond acceptors (Lipinski definition) is 4. The average molecular weight is 451 g/mol. The molecular formula is C21H23ClN2O3S2. The first-order valence-corrected chi connectivity index (χ1v) is 12.1. The number of nitrogens with one attached hydrogen (secondary N) is 1. The van der Waals surface area contributed by atoms with Crippen molar-refractivity contribution in [1.29, 1.82) is 0 Å². The average Bonchev–Trinajstić information content (AvgIpc) is 2.73. The molecule has 29 heavy (non-hydrogen) atoms. The van der Waals surface area contributed by atoms with E-state index in [1.807, 2.05) is 30.3 Å². The maximum atomic E-state index is 12.8. The van der Waals surface area contributed by atoms with E-state index >= 15 is 0 Å². The highest BCUT2D eigenvalue weighted by molar-refractivity contribution is 7.99. The molecule has 1 aliphatic rings. The number of anilines is 1. The van der Waals surface area contributed by atoms with Gasteiger partial charge in [0, 0.05) is 34.7 Å². The molecule has 1 fully saturated rings. The zero-order valence-electron chi connectivity index (χ0n) is 15.9. The second kappa shape index (κ2) is 9.80. The largest absolute Gasteiger partial charge is 0.325 e. The summed E-state index contributed by atoms with van der Waals surface area (Å²) >= 11 is 7.46. The summed E-state index contributed by atoms with van der Waals surface area (Å²) in [7, 11) is -3.57. The highest BCUT2D eigenvalue weighted by Crippen LogP contribution is 2.29. The maximum Gasteiger partial charge on any atom is 0.243 e. The van der Waals surface area contributed by atoms with Crippen LogP contribution in [0.25, 0.3) is 0 Å². The van der Waals surface area contributed by atoms with Gasteiger partial charge in [0.2, 0.25) is 15.9 Å². The molecule has 154 valence electrons. The Morgan fingerprint density at radius 3 is 2.48 bits per heavy atom. The molecule has 0 bridgehead atoms. The first-order chi connectivity index (χ1) is 13.9. The number of halogens is 1. The van der Waals surface area contributed by atoms with Crippen LogP contribution in [0, 0.1) is 5.92 Å². The van der Waals surface area contributed by atoms with E-state index in [1.54, 1.807) is 23.9 Å². The summed E-state index contributed by atoms with van der Waals surface area (Å²) in [6.45, 7) is 4.36. The third-order valence-electron chi connectivity index (χ3n) is 4.78. The fourth-order valence-corrected chi connectivity index (χ4v) is 5.54. The molecule has 0 atom stereocenters. The summed E-state index contributed by atoms with van der Waals surface area (Å²) in [6, 6.07) is 13.8. The molecule has 0 saturated carbocycles. The molecule has 0 unspecified atom stereocenters. The third kappa shape index (κ3) is 5.42. The summed E-state index contributed by atoms with van der Waals surface area (Å²) in [5.41, 5.74) is 0.778. The van der Waals surface area contributed by atoms with E-state index in [2.05, 4.69) is 11.9 Å². The number of thioether (sulfide) groups is 1. The molecule has 5 nitrogen and oxygen atoms in total. The quantitative estimate of drug-likeness (QED) is 0.492. The van der Waals surface area contributed by atoms with Crippen LogP contribution in [0.1, 0.15) is 12.8 Å². The van der Waals surface area contributed by atoms with E-state index in [1.165, 1.54) is 16.4 Å². The summed E-state index contributed by atoms with van der Waals surface area (Å²) in [5, 5.41) is 3.50. The molecule has 0 radical (unpaired) electrons. The number of benzene rings is 2. The maximum absolute atomic E-state index is 12.8. The van der Waals surface area contributed by atoms with Gasteiger partial charge in [-0.2, -0.15) is 4.31 Å². The molecule has 1 amide bonds. The van der Waals surface area contributed by atoms with E-state index in [9.17, 15) is 13.2 Å². The van der Waals surface area contributed by atoms with Crippen LogP contribution in [-0.2, 0) is 14.8 Å². The smallest absolute Gasteiger partial charge is 0.243 e. The molecule has 1 saturated heterocycles. The Labute approximate surface area is 181 Å². The Bertz CT molecular complexity index is 970. The van der Waals surface area contributed by atoms with Gasteiger partial charge in [-0.05, 0) is 49.2 Å². The van der Waals surface area contributed by atoms with Crippen molar-refractivity contribution < 1.29 is 13.2 Å². The summed E-state index contributed by atoms with van der Waals surface area (Å²) in [4.78, 5) is 13.9. The monoisotopic (exact) mass is 450 g/mol. The number of nitrogens with zero attached hydrogens (tertiary/aromatic N) is 1. The van der Waals surface area contributed by atoms with Gasteiger partial charge in [-0.15, -0.1) is 18.3 Å². The Morgan fingerprint density at radius 1 is 1.17 bits per heavy atom. The number of carbonyl (C=O) groups is 1. The second-order valence-corrected chi connectivity index (χ2v) is 10.2. The fraction of sp³-hybridized carbons (Fsp3) is 0.286. The van der Waals surface area contributed by atoms with Crippen LogP contribution < -0.4 is 5.32 Å². The van der Waals surface area contributed by atoms with Crippen molar-refractivity contribution >= 4 is 45.0 Å². The molecule has 0 aromatic heterocycles. The fourth-order valence-electron chi connectivity index (χ4n) is 3.19. The molecular weight excluding hydrogens is 428 g/mol. The van der Waals surface area contributed by atoms with Crippen molar-refractivity contribution in [2.24, 2.45) is 5.92 Å². The van der Waals surface area contributed by atoms with Crippen LogP contribution >= 0.6 is 23.4 Å². The lowest BCUT2D eigenvalue weighted by atomic mass is 9.97. The number of amides is 1. The van der Waals surface area contributed by atoms with Crippen molar-refractivity contribution in [3.63, 3.8) is 0 Å². The van der Waals surface area contributed by atoms with Gasteiger partial charge in [0.15, 0.2) is 0 Å². The molecule has 0 spiro atoms. The van der Waals surface area contributed by atoms with E-state index in [0.29, 0.717) is 31.0 Å². The predicted molar refractivity (Wildman–Crippen MR) is 119 cm³/mol. The summed E-state index contributed by atoms with van der Waals surface area (Å²) in [6.07, 6.45) is 2.79. The molecule has 1 N–H and O–H groups in total. The number of carbonyl (C=O) groups excluding carboxylic acids is 1. The van der Waals surface area contributed by atoms with Crippen LogP contribution in [0.2, 0.25) is 5.02 Å². The van der Waals surface area contributed by atoms with Crippen LogP contribution in [0.5, 0.6) is 0 Å². The molecule has 0 aliphatic carbocycles. The number of para-hydroxylation sites is 1. The Morgan fingerprint density at radius 2 is 1.83 bits per heavy atom. The second-order valence-electron chi connectivity index (χ2n) is 6.72. The van der Waals surface area contributed by atoms with Crippen molar-refractivity contribution in [2.75, 3.05) is 24.2 Å². The van der Waals surface area contributed by atoms with E-state index in [-0.39, 0.29) is 16.7 Å². The number of sulfonamides is 1. The van der Waals surface area contributed by atoms with Crippen molar-refractivity contribution in [3.8, 4) is 0 Å². The van der Waals surface area contributed by atoms with Crippen LogP contribution in [-0.4, -0.2) is 37.5 Å². The first-order valence-electron chi connectivity index (χ1n) is 9.31. The van der Waals surface area contributed by atoms with Crippen molar-refractivity contribution in [2.45, 2.75) is 22.6 Å². The SMILES string of the molecule is C=CCSc1ccccc1NC(=O)C1CCN(S(=O)(=O)c2ccc(Cl)cc2)CC1. The molecule has 2 aromatic carbocycles. The Hall–Kier alpha value is -1.80. The van der Waals surface area contributed by atoms with Crippen LogP contribution in [0.15, 0.2) is 71.0 Å². The molecule has 3 rings (SSSR count). The van der Waals surface area contributed by atoms with E-state index in [4.69, 9.17) is 11.6 Å². The molecule has 8 heteroatoms. The van der Waals surface area contributed by atoms with Gasteiger partial charge in [-0.3, -0.25) is 4.79 Å². The number of rotatable bonds is 7. The Balaban J connectivity index is 1.61. The predicted octanol–water partition coefficient (Wildman–Crippen LogP) is 4.66. The molecule has 2 aromatic rings. The minimum atomic E-state index is -3.57. The van der Waals surface area contributed by atoms with Gasteiger partial charge >= 0.3 is 0 Å². The van der Waals surface area contributed by atoms with Crippen LogP contribution in [0.4, 0.5) is 5.69 Å². The highest BCUT2D eigenvalue weighted by atomic mass is 35.5. The lowest BCUT2D eigenvalue weighted by molar-refractivity contribution is -0.120. The van der Waals surface area contributed by atoms with Gasteiger partial charge in [-0.1, -0.05) is 29.8 Å². The normalized spacial score (nSPS) is 15.8. The van der Waals surface area contributed by atoms with E-state index in [0.717, 1.165) is 16.3 Å². The van der Waals surface area contributed by atoms with Gasteiger partial charge in [0.25, 0.3) is 0 Å². The zero-order valence-corrected chi connectivity index (χ0v) is 18.3. The first kappa shape index (κ1) is 21.9. The highest BCUT2D eigenvalue weighted by Gasteiger charge is 2.32. The topological polar surface area (TPSA) is 66.5 Å². The Kier molecular flexibility index (Phi) is 7.40. The molecule has 1 heterocycles. The zero-order chi connectivity index (χ0) is 20.9. The van der Waals surface area contributed by atoms with Crippen molar-refractivity contribution in [3.05, 3.63) is 66.2 Å². The van der Waals surface area contributed by atoms with Gasteiger partial charge in [0.1, 0.15) is 0 Å². The lowest BCUT2D eigenvalue weighted by Crippen LogP contribution is -2.41. The van der Waals surface area contributed by atoms with Gasteiger partial charge in [0.05, 0.1) is 10.6 Å². The lowest BCUT2D eigenvalue weighted by Gasteiger charge is -2.30. The molecule has 1 aliphatic heterocycles. The minimum absolute atomic E-state index is 0.0693. The summed E-state index contributed by atoms with van der Waals surface area (Å²) in [5.74, 6) is 0.470. The van der Waals surface area contributed by atoms with Gasteiger partial charge < -0.3 is 5.32 Å². The van der Waals surface area contributed by atoms with Crippen LogP contribution in [0.3, 0.4) is 0 Å². The minimum Gasteiger partial charge on any atom is -0.325 e. The number of piperidine rings is 1. The third-order valence-corrected chi connectivity index (χ3v) is 8.01. The number of hydrogen-bond donors (Lipinski definition) is 1. The van der Waals surface area contributed by atoms with Gasteiger partial charge in [-0.25, -0.2) is 8.42 Å². The van der Waals surface area contributed by atoms with Crippen molar-refractivity contribution in [1.82, 2.24) is 4.31 Å². The van der Waals surface area contributed by atoms with E-state index < -0.39 is 10.0 Å². The standard InChI is InChI=1S/C21H23ClN2O3S2/c1-2-15-28-20-6-4-3-5-19(20)23-21(25)16-11-13-24(14-12-16)29(26,27)18-9-7-17(22)8-10-18/h2-10,16H,1,11-15H2,(H,23,25).